The van der Waals surface area contributed by atoms with Gasteiger partial charge in [-0.3, -0.25) is 4.79 Å². The van der Waals surface area contributed by atoms with Gasteiger partial charge in [-0.2, -0.15) is 0 Å². The summed E-state index contributed by atoms with van der Waals surface area (Å²) in [7, 11) is 0. The number of nitrogens with two attached hydrogens (primary N) is 1. The summed E-state index contributed by atoms with van der Waals surface area (Å²) in [5.74, 6) is 1.24. The monoisotopic (exact) mass is 245 g/mol. The van der Waals surface area contributed by atoms with Gasteiger partial charge in [0.05, 0.1) is 5.56 Å². The lowest BCUT2D eigenvalue weighted by Gasteiger charge is -2.07. The molecule has 0 amide bonds. The molecule has 1 aromatic heterocycles. The average molecular weight is 245 g/mol. The summed E-state index contributed by atoms with van der Waals surface area (Å²) in [6.07, 6.45) is 0. The fourth-order valence-corrected chi connectivity index (χ4v) is 1.65. The Bertz CT molecular complexity index is 579. The van der Waals surface area contributed by atoms with Crippen LogP contribution in [0.2, 0.25) is 0 Å². The number of nitrogens with one attached hydrogen (secondary N) is 1. The molecule has 0 unspecified atom stereocenters. The SMILES string of the molecule is Cc1nc(COc2ccccc2)[nH]c(=O)c1CN. The highest BCUT2D eigenvalue weighted by Crippen LogP contribution is 2.10. The maximum Gasteiger partial charge on any atom is 0.255 e. The first-order chi connectivity index (χ1) is 8.70. The molecule has 5 heteroatoms. The molecule has 0 saturated carbocycles. The molecule has 0 radical (unpaired) electrons. The predicted molar refractivity (Wildman–Crippen MR) is 68.3 cm³/mol. The number of hydrogen-bond acceptors (Lipinski definition) is 4. The zero-order chi connectivity index (χ0) is 13.0. The van der Waals surface area contributed by atoms with E-state index < -0.39 is 0 Å². The van der Waals surface area contributed by atoms with Gasteiger partial charge in [-0.15, -0.1) is 0 Å². The Kier molecular flexibility index (Phi) is 3.74. The van der Waals surface area contributed by atoms with E-state index in [1.165, 1.54) is 0 Å². The number of para-hydroxylation sites is 1. The van der Waals surface area contributed by atoms with Crippen LogP contribution in [0.3, 0.4) is 0 Å². The fraction of sp³-hybridized carbons (Fsp3) is 0.231. The molecule has 0 saturated heterocycles. The van der Waals surface area contributed by atoms with Crippen LogP contribution in [-0.4, -0.2) is 9.97 Å². The molecule has 0 aliphatic carbocycles. The van der Waals surface area contributed by atoms with Crippen LogP contribution in [0.4, 0.5) is 0 Å². The van der Waals surface area contributed by atoms with E-state index in [9.17, 15) is 4.79 Å². The van der Waals surface area contributed by atoms with Crippen LogP contribution >= 0.6 is 0 Å². The van der Waals surface area contributed by atoms with Crippen LogP contribution in [0.1, 0.15) is 17.1 Å². The number of aromatic amines is 1. The van der Waals surface area contributed by atoms with Crippen molar-refractivity contribution in [3.63, 3.8) is 0 Å². The Morgan fingerprint density at radius 3 is 2.67 bits per heavy atom. The Labute approximate surface area is 105 Å². The molecule has 0 atom stereocenters. The van der Waals surface area contributed by atoms with Crippen molar-refractivity contribution in [2.24, 2.45) is 5.73 Å². The first kappa shape index (κ1) is 12.3. The summed E-state index contributed by atoms with van der Waals surface area (Å²) in [6.45, 7) is 2.18. The van der Waals surface area contributed by atoms with E-state index in [1.54, 1.807) is 6.92 Å². The van der Waals surface area contributed by atoms with E-state index in [4.69, 9.17) is 10.5 Å². The Balaban J connectivity index is 2.14. The molecular weight excluding hydrogens is 230 g/mol. The number of H-pyrrole nitrogens is 1. The van der Waals surface area contributed by atoms with Gasteiger partial charge in [0.1, 0.15) is 18.2 Å². The molecule has 94 valence electrons. The maximum atomic E-state index is 11.7. The smallest absolute Gasteiger partial charge is 0.255 e. The summed E-state index contributed by atoms with van der Waals surface area (Å²) < 4.78 is 5.51. The normalized spacial score (nSPS) is 10.3. The van der Waals surface area contributed by atoms with Gasteiger partial charge in [-0.25, -0.2) is 4.98 Å². The number of aryl methyl sites for hydroxylation is 1. The minimum atomic E-state index is -0.198. The molecule has 2 aromatic rings. The summed E-state index contributed by atoms with van der Waals surface area (Å²) in [5, 5.41) is 0. The van der Waals surface area contributed by atoms with Crippen LogP contribution in [0.5, 0.6) is 5.75 Å². The number of benzene rings is 1. The lowest BCUT2D eigenvalue weighted by Crippen LogP contribution is -2.22. The van der Waals surface area contributed by atoms with Crippen LogP contribution in [0.15, 0.2) is 35.1 Å². The second-order valence-corrected chi connectivity index (χ2v) is 3.88. The largest absolute Gasteiger partial charge is 0.486 e. The highest BCUT2D eigenvalue weighted by Gasteiger charge is 2.06. The van der Waals surface area contributed by atoms with Gasteiger partial charge in [0.25, 0.3) is 5.56 Å². The van der Waals surface area contributed by atoms with Crippen molar-refractivity contribution in [3.05, 3.63) is 57.8 Å². The van der Waals surface area contributed by atoms with Crippen molar-refractivity contribution < 1.29 is 4.74 Å². The molecule has 0 aliphatic rings. The molecule has 0 spiro atoms. The average Bonchev–Trinajstić information content (AvgIpc) is 2.37. The standard InChI is InChI=1S/C13H15N3O2/c1-9-11(7-14)13(17)16-12(15-9)8-18-10-5-3-2-4-6-10/h2-6H,7-8,14H2,1H3,(H,15,16,17). The molecular formula is C13H15N3O2. The van der Waals surface area contributed by atoms with Crippen molar-refractivity contribution in [3.8, 4) is 5.75 Å². The van der Waals surface area contributed by atoms with E-state index in [2.05, 4.69) is 9.97 Å². The fourth-order valence-electron chi connectivity index (χ4n) is 1.65. The molecule has 0 fully saturated rings. The van der Waals surface area contributed by atoms with Gasteiger partial charge in [-0.1, -0.05) is 18.2 Å². The molecule has 3 N–H and O–H groups in total. The van der Waals surface area contributed by atoms with E-state index in [-0.39, 0.29) is 18.7 Å². The van der Waals surface area contributed by atoms with E-state index in [0.29, 0.717) is 17.1 Å². The quantitative estimate of drug-likeness (QED) is 0.845. The van der Waals surface area contributed by atoms with Crippen LogP contribution in [0.25, 0.3) is 0 Å². The molecule has 1 aromatic carbocycles. The van der Waals surface area contributed by atoms with Crippen molar-refractivity contribution in [1.82, 2.24) is 9.97 Å². The highest BCUT2D eigenvalue weighted by atomic mass is 16.5. The maximum absolute atomic E-state index is 11.7. The number of aromatic nitrogens is 2. The van der Waals surface area contributed by atoms with Crippen molar-refractivity contribution in [2.45, 2.75) is 20.1 Å². The van der Waals surface area contributed by atoms with Crippen molar-refractivity contribution in [1.29, 1.82) is 0 Å². The third-order valence-electron chi connectivity index (χ3n) is 2.59. The van der Waals surface area contributed by atoms with Crippen LogP contribution in [-0.2, 0) is 13.2 Å². The Morgan fingerprint density at radius 1 is 1.33 bits per heavy atom. The highest BCUT2D eigenvalue weighted by molar-refractivity contribution is 5.21. The first-order valence-electron chi connectivity index (χ1n) is 5.67. The minimum Gasteiger partial charge on any atom is -0.486 e. The Hall–Kier alpha value is -2.14. The van der Waals surface area contributed by atoms with Gasteiger partial charge in [-0.05, 0) is 19.1 Å². The predicted octanol–water partition coefficient (Wildman–Crippen LogP) is 1.12. The topological polar surface area (TPSA) is 81.0 Å². The molecule has 5 nitrogen and oxygen atoms in total. The molecule has 18 heavy (non-hydrogen) atoms. The number of rotatable bonds is 4. The zero-order valence-electron chi connectivity index (χ0n) is 10.1. The Morgan fingerprint density at radius 2 is 2.06 bits per heavy atom. The van der Waals surface area contributed by atoms with E-state index >= 15 is 0 Å². The summed E-state index contributed by atoms with van der Waals surface area (Å²) in [6, 6.07) is 9.37. The molecule has 1 heterocycles. The van der Waals surface area contributed by atoms with Gasteiger partial charge in [0, 0.05) is 12.2 Å². The van der Waals surface area contributed by atoms with Crippen molar-refractivity contribution >= 4 is 0 Å². The molecule has 0 aliphatic heterocycles. The minimum absolute atomic E-state index is 0.188. The van der Waals surface area contributed by atoms with E-state index in [1.807, 2.05) is 30.3 Å². The van der Waals surface area contributed by atoms with Crippen molar-refractivity contribution in [2.75, 3.05) is 0 Å². The summed E-state index contributed by atoms with van der Waals surface area (Å²) in [4.78, 5) is 18.6. The first-order valence-corrected chi connectivity index (χ1v) is 5.67. The molecule has 0 bridgehead atoms. The van der Waals surface area contributed by atoms with Gasteiger partial charge in [0.2, 0.25) is 0 Å². The lowest BCUT2D eigenvalue weighted by molar-refractivity contribution is 0.295. The third kappa shape index (κ3) is 2.75. The number of hydrogen-bond donors (Lipinski definition) is 2. The lowest BCUT2D eigenvalue weighted by atomic mass is 10.2. The third-order valence-corrected chi connectivity index (χ3v) is 2.59. The van der Waals surface area contributed by atoms with Crippen LogP contribution in [0, 0.1) is 6.92 Å². The second kappa shape index (κ2) is 5.46. The van der Waals surface area contributed by atoms with Gasteiger partial charge < -0.3 is 15.5 Å². The second-order valence-electron chi connectivity index (χ2n) is 3.88. The number of ether oxygens (including phenoxy) is 1. The molecule has 2 rings (SSSR count). The number of nitrogens with zero attached hydrogens (tertiary/aromatic N) is 1. The van der Waals surface area contributed by atoms with E-state index in [0.717, 1.165) is 5.75 Å². The zero-order valence-corrected chi connectivity index (χ0v) is 10.1. The summed E-state index contributed by atoms with van der Waals surface area (Å²) in [5.41, 5.74) is 6.44. The van der Waals surface area contributed by atoms with Gasteiger partial charge >= 0.3 is 0 Å². The summed E-state index contributed by atoms with van der Waals surface area (Å²) >= 11 is 0. The van der Waals surface area contributed by atoms with Crippen LogP contribution < -0.4 is 16.0 Å². The van der Waals surface area contributed by atoms with Gasteiger partial charge in [0.15, 0.2) is 0 Å².